The zero-order chi connectivity index (χ0) is 15.1. The van der Waals surface area contributed by atoms with Crippen LogP contribution < -0.4 is 4.74 Å². The number of hydrogen-bond acceptors (Lipinski definition) is 3. The third-order valence-electron chi connectivity index (χ3n) is 3.67. The molecule has 0 aliphatic carbocycles. The highest BCUT2D eigenvalue weighted by Crippen LogP contribution is 2.27. The minimum Gasteiger partial charge on any atom is -0.496 e. The van der Waals surface area contributed by atoms with Gasteiger partial charge in [-0.25, -0.2) is 0 Å². The lowest BCUT2D eigenvalue weighted by Crippen LogP contribution is -2.26. The maximum absolute atomic E-state index is 9.91. The Morgan fingerprint density at radius 2 is 1.75 bits per heavy atom. The molecular formula is C17H28O3. The summed E-state index contributed by atoms with van der Waals surface area (Å²) >= 11 is 0. The molecular weight excluding hydrogens is 252 g/mol. The molecule has 2 unspecified atom stereocenters. The number of ether oxygens (including phenoxy) is 1. The van der Waals surface area contributed by atoms with Crippen molar-refractivity contribution in [3.63, 3.8) is 0 Å². The van der Waals surface area contributed by atoms with Crippen LogP contribution in [0.2, 0.25) is 0 Å². The fraction of sp³-hybridized carbons (Fsp3) is 0.647. The van der Waals surface area contributed by atoms with Gasteiger partial charge >= 0.3 is 0 Å². The molecule has 114 valence electrons. The topological polar surface area (TPSA) is 49.7 Å². The summed E-state index contributed by atoms with van der Waals surface area (Å²) in [7, 11) is 1.69. The molecule has 1 aromatic rings. The molecule has 0 bridgehead atoms. The van der Waals surface area contributed by atoms with Gasteiger partial charge < -0.3 is 14.9 Å². The highest BCUT2D eigenvalue weighted by molar-refractivity contribution is 5.39. The van der Waals surface area contributed by atoms with Crippen LogP contribution in [0.4, 0.5) is 0 Å². The minimum atomic E-state index is -0.639. The SMILES string of the molecule is CCCC(O)C(O)CCc1ccc(OC)c(C(C)C)c1. The molecule has 0 saturated heterocycles. The van der Waals surface area contributed by atoms with Crippen LogP contribution >= 0.6 is 0 Å². The molecule has 0 saturated carbocycles. The summed E-state index contributed by atoms with van der Waals surface area (Å²) in [6.45, 7) is 6.29. The van der Waals surface area contributed by atoms with Crippen LogP contribution in [0.3, 0.4) is 0 Å². The highest BCUT2D eigenvalue weighted by Gasteiger charge is 2.15. The van der Waals surface area contributed by atoms with Gasteiger partial charge in [0.2, 0.25) is 0 Å². The molecule has 1 rings (SSSR count). The van der Waals surface area contributed by atoms with E-state index in [0.29, 0.717) is 18.8 Å². The van der Waals surface area contributed by atoms with Crippen LogP contribution in [0.15, 0.2) is 18.2 Å². The smallest absolute Gasteiger partial charge is 0.122 e. The first kappa shape index (κ1) is 17.0. The lowest BCUT2D eigenvalue weighted by molar-refractivity contribution is 0.00980. The van der Waals surface area contributed by atoms with Crippen molar-refractivity contribution in [1.29, 1.82) is 0 Å². The Kier molecular flexibility index (Phi) is 7.03. The molecule has 1 aromatic carbocycles. The Morgan fingerprint density at radius 1 is 1.10 bits per heavy atom. The van der Waals surface area contributed by atoms with Crippen LogP contribution in [0.5, 0.6) is 5.75 Å². The molecule has 0 aromatic heterocycles. The first-order valence-corrected chi connectivity index (χ1v) is 7.52. The number of aliphatic hydroxyl groups excluding tert-OH is 2. The molecule has 0 aliphatic heterocycles. The van der Waals surface area contributed by atoms with Gasteiger partial charge in [-0.15, -0.1) is 0 Å². The summed E-state index contributed by atoms with van der Waals surface area (Å²) < 4.78 is 5.37. The number of benzene rings is 1. The van der Waals surface area contributed by atoms with Crippen LogP contribution in [-0.4, -0.2) is 29.5 Å². The van der Waals surface area contributed by atoms with E-state index in [-0.39, 0.29) is 0 Å². The molecule has 0 radical (unpaired) electrons. The normalized spacial score (nSPS) is 14.3. The lowest BCUT2D eigenvalue weighted by atomic mass is 9.96. The molecule has 2 N–H and O–H groups in total. The zero-order valence-electron chi connectivity index (χ0n) is 13.1. The number of hydrogen-bond donors (Lipinski definition) is 2. The van der Waals surface area contributed by atoms with Crippen molar-refractivity contribution >= 4 is 0 Å². The Labute approximate surface area is 122 Å². The Bertz CT molecular complexity index is 401. The van der Waals surface area contributed by atoms with E-state index in [9.17, 15) is 10.2 Å². The minimum absolute atomic E-state index is 0.403. The number of rotatable bonds is 8. The average Bonchev–Trinajstić information content (AvgIpc) is 2.44. The van der Waals surface area contributed by atoms with Gasteiger partial charge in [-0.1, -0.05) is 39.3 Å². The number of aryl methyl sites for hydroxylation is 1. The van der Waals surface area contributed by atoms with Crippen molar-refractivity contribution in [2.75, 3.05) is 7.11 Å². The van der Waals surface area contributed by atoms with E-state index in [0.717, 1.165) is 18.6 Å². The van der Waals surface area contributed by atoms with Gasteiger partial charge in [0.1, 0.15) is 5.75 Å². The van der Waals surface area contributed by atoms with Crippen molar-refractivity contribution in [2.24, 2.45) is 0 Å². The standard InChI is InChI=1S/C17H28O3/c1-5-6-15(18)16(19)9-7-13-8-10-17(20-4)14(11-13)12(2)3/h8,10-12,15-16,18-19H,5-7,9H2,1-4H3. The van der Waals surface area contributed by atoms with E-state index in [2.05, 4.69) is 19.9 Å². The summed E-state index contributed by atoms with van der Waals surface area (Å²) in [6, 6.07) is 6.16. The summed E-state index contributed by atoms with van der Waals surface area (Å²) in [6.07, 6.45) is 1.65. The van der Waals surface area contributed by atoms with Gasteiger partial charge in [0.15, 0.2) is 0 Å². The van der Waals surface area contributed by atoms with Crippen LogP contribution in [-0.2, 0) is 6.42 Å². The second-order valence-electron chi connectivity index (χ2n) is 5.69. The predicted molar refractivity (Wildman–Crippen MR) is 82.3 cm³/mol. The number of methoxy groups -OCH3 is 1. The average molecular weight is 280 g/mol. The third-order valence-corrected chi connectivity index (χ3v) is 3.67. The van der Waals surface area contributed by atoms with Crippen molar-refractivity contribution in [3.05, 3.63) is 29.3 Å². The Morgan fingerprint density at radius 3 is 2.30 bits per heavy atom. The fourth-order valence-corrected chi connectivity index (χ4v) is 2.39. The van der Waals surface area contributed by atoms with E-state index in [1.165, 1.54) is 11.1 Å². The van der Waals surface area contributed by atoms with Crippen molar-refractivity contribution < 1.29 is 14.9 Å². The quantitative estimate of drug-likeness (QED) is 0.768. The predicted octanol–water partition coefficient (Wildman–Crippen LogP) is 3.27. The molecule has 20 heavy (non-hydrogen) atoms. The molecule has 0 aliphatic rings. The van der Waals surface area contributed by atoms with Gasteiger partial charge in [0, 0.05) is 0 Å². The molecule has 2 atom stereocenters. The summed E-state index contributed by atoms with van der Waals surface area (Å²) in [5, 5.41) is 19.7. The second kappa shape index (κ2) is 8.28. The molecule has 3 heteroatoms. The summed E-state index contributed by atoms with van der Waals surface area (Å²) in [5.41, 5.74) is 2.37. The van der Waals surface area contributed by atoms with Gasteiger partial charge in [-0.2, -0.15) is 0 Å². The van der Waals surface area contributed by atoms with Gasteiger partial charge in [-0.3, -0.25) is 0 Å². The first-order valence-electron chi connectivity index (χ1n) is 7.52. The van der Waals surface area contributed by atoms with Crippen LogP contribution in [0, 0.1) is 0 Å². The lowest BCUT2D eigenvalue weighted by Gasteiger charge is -2.18. The maximum Gasteiger partial charge on any atom is 0.122 e. The monoisotopic (exact) mass is 280 g/mol. The molecule has 0 spiro atoms. The summed E-state index contributed by atoms with van der Waals surface area (Å²) in [4.78, 5) is 0. The molecule has 0 fully saturated rings. The Balaban J connectivity index is 2.67. The maximum atomic E-state index is 9.91. The van der Waals surface area contributed by atoms with E-state index in [1.54, 1.807) is 7.11 Å². The highest BCUT2D eigenvalue weighted by atomic mass is 16.5. The molecule has 0 amide bonds. The van der Waals surface area contributed by atoms with Crippen molar-refractivity contribution in [2.45, 2.75) is 64.6 Å². The Hall–Kier alpha value is -1.06. The first-order chi connectivity index (χ1) is 9.49. The van der Waals surface area contributed by atoms with Gasteiger partial charge in [0.25, 0.3) is 0 Å². The largest absolute Gasteiger partial charge is 0.496 e. The van der Waals surface area contributed by atoms with Crippen LogP contribution in [0.25, 0.3) is 0 Å². The summed E-state index contributed by atoms with van der Waals surface area (Å²) in [5.74, 6) is 1.32. The van der Waals surface area contributed by atoms with Crippen LogP contribution in [0.1, 0.15) is 57.1 Å². The van der Waals surface area contributed by atoms with E-state index in [1.807, 2.05) is 19.1 Å². The zero-order valence-corrected chi connectivity index (χ0v) is 13.1. The fourth-order valence-electron chi connectivity index (χ4n) is 2.39. The van der Waals surface area contributed by atoms with Crippen molar-refractivity contribution in [3.8, 4) is 5.75 Å². The third kappa shape index (κ3) is 4.80. The molecule has 3 nitrogen and oxygen atoms in total. The second-order valence-corrected chi connectivity index (χ2v) is 5.69. The van der Waals surface area contributed by atoms with Gasteiger partial charge in [0.05, 0.1) is 19.3 Å². The van der Waals surface area contributed by atoms with Gasteiger partial charge in [-0.05, 0) is 42.4 Å². The van der Waals surface area contributed by atoms with Crippen molar-refractivity contribution in [1.82, 2.24) is 0 Å². The molecule has 0 heterocycles. The number of aliphatic hydroxyl groups is 2. The van der Waals surface area contributed by atoms with E-state index >= 15 is 0 Å². The van der Waals surface area contributed by atoms with E-state index < -0.39 is 12.2 Å². The van der Waals surface area contributed by atoms with E-state index in [4.69, 9.17) is 4.74 Å².